The molecule has 0 fully saturated rings. The predicted molar refractivity (Wildman–Crippen MR) is 125 cm³/mol. The van der Waals surface area contributed by atoms with Gasteiger partial charge in [-0.05, 0) is 24.3 Å². The van der Waals surface area contributed by atoms with Crippen LogP contribution >= 0.6 is 0 Å². The summed E-state index contributed by atoms with van der Waals surface area (Å²) in [5.41, 5.74) is 1.07. The van der Waals surface area contributed by atoms with E-state index in [2.05, 4.69) is 21.5 Å². The SMILES string of the molecule is C=CC(=O)OC(O)COc1nc(-c2ccc(OC)cc2OC)nc(-c2ccc(OC)cc2OC)n1. The van der Waals surface area contributed by atoms with Crippen molar-refractivity contribution in [3.8, 4) is 51.8 Å². The highest BCUT2D eigenvalue weighted by molar-refractivity contribution is 5.81. The molecule has 1 N–H and O–H groups in total. The third-order valence-corrected chi connectivity index (χ3v) is 4.69. The van der Waals surface area contributed by atoms with Crippen LogP contribution in [0.4, 0.5) is 0 Å². The third-order valence-electron chi connectivity index (χ3n) is 4.69. The zero-order chi connectivity index (χ0) is 25.4. The molecule has 0 aliphatic rings. The number of methoxy groups -OCH3 is 4. The number of nitrogens with zero attached hydrogens (tertiary/aromatic N) is 3. The Kier molecular flexibility index (Phi) is 8.41. The summed E-state index contributed by atoms with van der Waals surface area (Å²) in [7, 11) is 6.10. The highest BCUT2D eigenvalue weighted by atomic mass is 16.7. The molecule has 2 aromatic carbocycles. The Hall–Kier alpha value is -4.38. The third kappa shape index (κ3) is 6.15. The number of aliphatic hydroxyl groups excluding tert-OH is 1. The summed E-state index contributed by atoms with van der Waals surface area (Å²) in [6.45, 7) is 2.85. The van der Waals surface area contributed by atoms with Crippen molar-refractivity contribution < 1.29 is 38.3 Å². The number of aliphatic hydroxyl groups is 1. The van der Waals surface area contributed by atoms with Gasteiger partial charge in [-0.25, -0.2) is 9.78 Å². The first-order valence-corrected chi connectivity index (χ1v) is 10.3. The number of carbonyl (C=O) groups is 1. The second-order valence-corrected chi connectivity index (χ2v) is 6.80. The smallest absolute Gasteiger partial charge is 0.332 e. The lowest BCUT2D eigenvalue weighted by Gasteiger charge is -2.15. The quantitative estimate of drug-likeness (QED) is 0.245. The number of rotatable bonds is 11. The van der Waals surface area contributed by atoms with E-state index in [1.54, 1.807) is 50.6 Å². The Morgan fingerprint density at radius 1 is 0.886 bits per heavy atom. The average Bonchev–Trinajstić information content (AvgIpc) is 2.90. The molecule has 1 heterocycles. The summed E-state index contributed by atoms with van der Waals surface area (Å²) in [5.74, 6) is 1.72. The van der Waals surface area contributed by atoms with Crippen LogP contribution in [-0.4, -0.2) is 67.4 Å². The Morgan fingerprint density at radius 2 is 1.40 bits per heavy atom. The predicted octanol–water partition coefficient (Wildman–Crippen LogP) is 2.67. The minimum Gasteiger partial charge on any atom is -0.497 e. The first kappa shape index (κ1) is 25.2. The van der Waals surface area contributed by atoms with Gasteiger partial charge < -0.3 is 33.5 Å². The molecule has 0 spiro atoms. The fraction of sp³-hybridized carbons (Fsp3) is 0.250. The minimum absolute atomic E-state index is 0.130. The lowest BCUT2D eigenvalue weighted by atomic mass is 10.1. The van der Waals surface area contributed by atoms with Crippen LogP contribution in [0.3, 0.4) is 0 Å². The lowest BCUT2D eigenvalue weighted by Crippen LogP contribution is -2.24. The minimum atomic E-state index is -1.56. The molecule has 0 aliphatic heterocycles. The van der Waals surface area contributed by atoms with E-state index >= 15 is 0 Å². The molecule has 3 aromatic rings. The van der Waals surface area contributed by atoms with E-state index in [0.717, 1.165) is 6.08 Å². The molecule has 1 unspecified atom stereocenters. The van der Waals surface area contributed by atoms with E-state index < -0.39 is 18.9 Å². The van der Waals surface area contributed by atoms with Gasteiger partial charge in [-0.3, -0.25) is 0 Å². The first-order valence-electron chi connectivity index (χ1n) is 10.3. The zero-order valence-corrected chi connectivity index (χ0v) is 19.7. The summed E-state index contributed by atoms with van der Waals surface area (Å²) < 4.78 is 31.7. The summed E-state index contributed by atoms with van der Waals surface area (Å²) in [5, 5.41) is 9.91. The van der Waals surface area contributed by atoms with Crippen LogP contribution in [0.15, 0.2) is 49.1 Å². The van der Waals surface area contributed by atoms with Crippen LogP contribution in [0.25, 0.3) is 22.8 Å². The van der Waals surface area contributed by atoms with Crippen LogP contribution in [0.2, 0.25) is 0 Å². The molecule has 11 heteroatoms. The molecule has 11 nitrogen and oxygen atoms in total. The van der Waals surface area contributed by atoms with Crippen molar-refractivity contribution in [3.63, 3.8) is 0 Å². The fourth-order valence-electron chi connectivity index (χ4n) is 2.99. The van der Waals surface area contributed by atoms with E-state index in [0.29, 0.717) is 34.1 Å². The molecule has 1 aromatic heterocycles. The second-order valence-electron chi connectivity index (χ2n) is 6.80. The van der Waals surface area contributed by atoms with Gasteiger partial charge in [-0.2, -0.15) is 9.97 Å². The fourth-order valence-corrected chi connectivity index (χ4v) is 2.99. The largest absolute Gasteiger partial charge is 0.497 e. The summed E-state index contributed by atoms with van der Waals surface area (Å²) in [6, 6.07) is 10.2. The van der Waals surface area contributed by atoms with Crippen LogP contribution in [0.5, 0.6) is 29.0 Å². The Balaban J connectivity index is 2.08. The summed E-state index contributed by atoms with van der Waals surface area (Å²) in [6.07, 6.45) is -0.635. The number of carbonyl (C=O) groups excluding carboxylic acids is 1. The maximum atomic E-state index is 11.3. The maximum Gasteiger partial charge on any atom is 0.332 e. The summed E-state index contributed by atoms with van der Waals surface area (Å²) in [4.78, 5) is 24.6. The van der Waals surface area contributed by atoms with E-state index in [1.165, 1.54) is 14.2 Å². The van der Waals surface area contributed by atoms with Gasteiger partial charge in [0.05, 0.1) is 39.6 Å². The molecule has 0 amide bonds. The number of ether oxygens (including phenoxy) is 6. The van der Waals surface area contributed by atoms with E-state index in [9.17, 15) is 9.90 Å². The van der Waals surface area contributed by atoms with Crippen LogP contribution < -0.4 is 23.7 Å². The molecule has 0 bridgehead atoms. The highest BCUT2D eigenvalue weighted by Crippen LogP contribution is 2.35. The van der Waals surface area contributed by atoms with Crippen molar-refractivity contribution in [1.82, 2.24) is 15.0 Å². The number of benzene rings is 2. The van der Waals surface area contributed by atoms with Gasteiger partial charge in [0.2, 0.25) is 6.29 Å². The molecular formula is C24H25N3O8. The normalized spacial score (nSPS) is 11.2. The molecule has 0 saturated carbocycles. The van der Waals surface area contributed by atoms with Gasteiger partial charge in [0.15, 0.2) is 18.3 Å². The van der Waals surface area contributed by atoms with E-state index in [1.807, 2.05) is 0 Å². The Labute approximate surface area is 201 Å². The molecule has 3 rings (SSSR count). The standard InChI is InChI=1S/C24H25N3O8/c1-6-20(28)35-21(29)13-34-24-26-22(16-9-7-14(30-2)11-18(16)32-4)25-23(27-24)17-10-8-15(31-3)12-19(17)33-5/h6-12,21,29H,1,13H2,2-5H3. The highest BCUT2D eigenvalue weighted by Gasteiger charge is 2.19. The lowest BCUT2D eigenvalue weighted by molar-refractivity contribution is -0.166. The van der Waals surface area contributed by atoms with Crippen molar-refractivity contribution in [1.29, 1.82) is 0 Å². The molecule has 0 radical (unpaired) electrons. The average molecular weight is 483 g/mol. The topological polar surface area (TPSA) is 131 Å². The monoisotopic (exact) mass is 483 g/mol. The van der Waals surface area contributed by atoms with Gasteiger partial charge in [0.1, 0.15) is 23.0 Å². The number of esters is 1. The number of hydrogen-bond donors (Lipinski definition) is 1. The van der Waals surface area contributed by atoms with Gasteiger partial charge in [0.25, 0.3) is 0 Å². The van der Waals surface area contributed by atoms with Crippen molar-refractivity contribution in [3.05, 3.63) is 49.1 Å². The molecule has 35 heavy (non-hydrogen) atoms. The Bertz CT molecular complexity index is 1130. The van der Waals surface area contributed by atoms with Crippen molar-refractivity contribution in [2.24, 2.45) is 0 Å². The van der Waals surface area contributed by atoms with Crippen LogP contribution in [-0.2, 0) is 9.53 Å². The zero-order valence-electron chi connectivity index (χ0n) is 19.7. The second kappa shape index (κ2) is 11.7. The van der Waals surface area contributed by atoms with E-state index in [-0.39, 0.29) is 17.7 Å². The van der Waals surface area contributed by atoms with Crippen molar-refractivity contribution in [2.45, 2.75) is 6.29 Å². The maximum absolute atomic E-state index is 11.3. The van der Waals surface area contributed by atoms with Gasteiger partial charge >= 0.3 is 12.0 Å². The van der Waals surface area contributed by atoms with Crippen LogP contribution in [0, 0.1) is 0 Å². The van der Waals surface area contributed by atoms with Crippen LogP contribution in [0.1, 0.15) is 0 Å². The van der Waals surface area contributed by atoms with Crippen molar-refractivity contribution in [2.75, 3.05) is 35.0 Å². The molecule has 184 valence electrons. The van der Waals surface area contributed by atoms with E-state index in [4.69, 9.17) is 28.4 Å². The number of hydrogen-bond acceptors (Lipinski definition) is 11. The van der Waals surface area contributed by atoms with Gasteiger partial charge in [-0.1, -0.05) is 6.58 Å². The molecule has 0 aliphatic carbocycles. The Morgan fingerprint density at radius 3 is 1.83 bits per heavy atom. The van der Waals surface area contributed by atoms with Gasteiger partial charge in [0, 0.05) is 18.2 Å². The molecule has 1 atom stereocenters. The molecular weight excluding hydrogens is 458 g/mol. The summed E-state index contributed by atoms with van der Waals surface area (Å²) >= 11 is 0. The number of aromatic nitrogens is 3. The first-order chi connectivity index (χ1) is 16.9. The van der Waals surface area contributed by atoms with Gasteiger partial charge in [-0.15, -0.1) is 0 Å². The van der Waals surface area contributed by atoms with Crippen molar-refractivity contribution >= 4 is 5.97 Å². The molecule has 0 saturated heterocycles.